The molecule has 0 aromatic rings. The van der Waals surface area contributed by atoms with Crippen molar-refractivity contribution < 1.29 is 14.7 Å². The van der Waals surface area contributed by atoms with Gasteiger partial charge in [-0.1, -0.05) is 20.8 Å². The third kappa shape index (κ3) is 6.45. The molecule has 0 heterocycles. The number of urea groups is 1. The molecule has 2 atom stereocenters. The van der Waals surface area contributed by atoms with Crippen LogP contribution in [-0.4, -0.2) is 30.2 Å². The Morgan fingerprint density at radius 3 is 2.21 bits per heavy atom. The Morgan fingerprint density at radius 1 is 1.16 bits per heavy atom. The molecule has 2 unspecified atom stereocenters. The zero-order valence-corrected chi connectivity index (χ0v) is 12.1. The molecular weight excluding hydrogens is 244 g/mol. The van der Waals surface area contributed by atoms with E-state index in [0.29, 0.717) is 24.8 Å². The molecule has 0 aromatic carbocycles. The van der Waals surface area contributed by atoms with Crippen LogP contribution in [0.15, 0.2) is 0 Å². The maximum absolute atomic E-state index is 11.6. The van der Waals surface area contributed by atoms with Gasteiger partial charge in [0, 0.05) is 13.1 Å². The summed E-state index contributed by atoms with van der Waals surface area (Å²) in [6, 6.07) is -0.262. The topological polar surface area (TPSA) is 78.4 Å². The van der Waals surface area contributed by atoms with Gasteiger partial charge in [0.1, 0.15) is 0 Å². The molecule has 0 radical (unpaired) electrons. The van der Waals surface area contributed by atoms with Crippen LogP contribution in [0.1, 0.15) is 40.0 Å². The minimum absolute atomic E-state index is 0.192. The largest absolute Gasteiger partial charge is 0.481 e. The lowest BCUT2D eigenvalue weighted by Crippen LogP contribution is -2.41. The van der Waals surface area contributed by atoms with E-state index in [1.165, 1.54) is 12.8 Å². The summed E-state index contributed by atoms with van der Waals surface area (Å²) in [5, 5.41) is 14.5. The van der Waals surface area contributed by atoms with Gasteiger partial charge in [-0.2, -0.15) is 0 Å². The van der Waals surface area contributed by atoms with E-state index in [9.17, 15) is 9.59 Å². The Kier molecular flexibility index (Phi) is 6.12. The first-order valence-corrected chi connectivity index (χ1v) is 7.14. The number of aliphatic carboxylic acids is 1. The first-order valence-electron chi connectivity index (χ1n) is 7.14. The molecule has 1 rings (SSSR count). The summed E-state index contributed by atoms with van der Waals surface area (Å²) in [6.45, 7) is 6.95. The van der Waals surface area contributed by atoms with Crippen LogP contribution in [0.3, 0.4) is 0 Å². The van der Waals surface area contributed by atoms with Gasteiger partial charge in [0.05, 0.1) is 5.92 Å². The normalized spacial score (nSPS) is 17.9. The van der Waals surface area contributed by atoms with Crippen molar-refractivity contribution in [2.24, 2.45) is 23.7 Å². The van der Waals surface area contributed by atoms with Gasteiger partial charge in [-0.05, 0) is 37.0 Å². The number of carbonyl (C=O) groups excluding carboxylic acids is 1. The van der Waals surface area contributed by atoms with Crippen molar-refractivity contribution in [1.82, 2.24) is 10.6 Å². The summed E-state index contributed by atoms with van der Waals surface area (Å²) in [5.41, 5.74) is 0. The molecule has 1 fully saturated rings. The number of hydrogen-bond donors (Lipinski definition) is 3. The van der Waals surface area contributed by atoms with Gasteiger partial charge in [0.15, 0.2) is 0 Å². The molecule has 5 heteroatoms. The molecule has 19 heavy (non-hydrogen) atoms. The van der Waals surface area contributed by atoms with Crippen LogP contribution in [-0.2, 0) is 4.79 Å². The highest BCUT2D eigenvalue weighted by molar-refractivity contribution is 5.75. The molecule has 1 saturated carbocycles. The number of nitrogens with one attached hydrogen (secondary N) is 2. The van der Waals surface area contributed by atoms with Crippen LogP contribution in [0, 0.1) is 23.7 Å². The lowest BCUT2D eigenvalue weighted by atomic mass is 9.97. The van der Waals surface area contributed by atoms with Crippen molar-refractivity contribution in [2.45, 2.75) is 40.0 Å². The van der Waals surface area contributed by atoms with E-state index in [2.05, 4.69) is 17.6 Å². The molecule has 0 saturated heterocycles. The van der Waals surface area contributed by atoms with Crippen molar-refractivity contribution in [1.29, 1.82) is 0 Å². The number of hydrogen-bond acceptors (Lipinski definition) is 2. The fraction of sp³-hybridized carbons (Fsp3) is 0.857. The molecule has 3 N–H and O–H groups in total. The average Bonchev–Trinajstić information content (AvgIpc) is 3.14. The zero-order valence-electron chi connectivity index (χ0n) is 12.1. The summed E-state index contributed by atoms with van der Waals surface area (Å²) in [4.78, 5) is 22.6. The highest BCUT2D eigenvalue weighted by Gasteiger charge is 2.28. The molecule has 0 spiro atoms. The minimum atomic E-state index is -0.847. The second-order valence-electron chi connectivity index (χ2n) is 6.07. The van der Waals surface area contributed by atoms with Gasteiger partial charge in [-0.25, -0.2) is 4.79 Å². The van der Waals surface area contributed by atoms with Gasteiger partial charge >= 0.3 is 12.0 Å². The molecular formula is C14H26N2O3. The first-order chi connectivity index (χ1) is 8.90. The van der Waals surface area contributed by atoms with E-state index < -0.39 is 11.9 Å². The molecule has 0 aliphatic heterocycles. The maximum atomic E-state index is 11.6. The molecule has 2 amide bonds. The summed E-state index contributed by atoms with van der Waals surface area (Å²) in [7, 11) is 0. The van der Waals surface area contributed by atoms with Crippen molar-refractivity contribution >= 4 is 12.0 Å². The standard InChI is InChI=1S/C14H26N2O3/c1-9(2)6-12(13(17)18)8-16-14(19)15-7-10(3)11-4-5-11/h9-12H,4-8H2,1-3H3,(H,17,18)(H2,15,16,19). The van der Waals surface area contributed by atoms with Crippen LogP contribution in [0.4, 0.5) is 4.79 Å². The summed E-state index contributed by atoms with van der Waals surface area (Å²) in [5.74, 6) is 0.220. The second kappa shape index (κ2) is 7.36. The van der Waals surface area contributed by atoms with Crippen LogP contribution < -0.4 is 10.6 Å². The Bertz CT molecular complexity index is 314. The number of amides is 2. The molecule has 1 aliphatic carbocycles. The monoisotopic (exact) mass is 270 g/mol. The lowest BCUT2D eigenvalue weighted by molar-refractivity contribution is -0.142. The van der Waals surface area contributed by atoms with E-state index in [1.807, 2.05) is 13.8 Å². The van der Waals surface area contributed by atoms with Crippen molar-refractivity contribution in [3.05, 3.63) is 0 Å². The molecule has 0 aromatic heterocycles. The Hall–Kier alpha value is -1.26. The quantitative estimate of drug-likeness (QED) is 0.632. The Balaban J connectivity index is 2.20. The third-order valence-electron chi connectivity index (χ3n) is 3.63. The minimum Gasteiger partial charge on any atom is -0.481 e. The molecule has 5 nitrogen and oxygen atoms in total. The van der Waals surface area contributed by atoms with E-state index in [-0.39, 0.29) is 12.6 Å². The highest BCUT2D eigenvalue weighted by Crippen LogP contribution is 2.35. The number of carboxylic acids is 1. The second-order valence-corrected chi connectivity index (χ2v) is 6.07. The number of rotatable bonds is 8. The SMILES string of the molecule is CC(C)CC(CNC(=O)NCC(C)C1CC1)C(=O)O. The fourth-order valence-electron chi connectivity index (χ4n) is 2.20. The predicted molar refractivity (Wildman–Crippen MR) is 73.9 cm³/mol. The number of carboxylic acid groups (broad SMARTS) is 1. The zero-order chi connectivity index (χ0) is 14.4. The molecule has 110 valence electrons. The van der Waals surface area contributed by atoms with E-state index in [0.717, 1.165) is 5.92 Å². The Labute approximate surface area is 115 Å². The van der Waals surface area contributed by atoms with Crippen molar-refractivity contribution in [2.75, 3.05) is 13.1 Å². The summed E-state index contributed by atoms with van der Waals surface area (Å²) >= 11 is 0. The summed E-state index contributed by atoms with van der Waals surface area (Å²) < 4.78 is 0. The van der Waals surface area contributed by atoms with Gasteiger partial charge < -0.3 is 15.7 Å². The Morgan fingerprint density at radius 2 is 1.74 bits per heavy atom. The maximum Gasteiger partial charge on any atom is 0.314 e. The van der Waals surface area contributed by atoms with Gasteiger partial charge in [-0.3, -0.25) is 4.79 Å². The van der Waals surface area contributed by atoms with Crippen LogP contribution in [0.5, 0.6) is 0 Å². The fourth-order valence-corrected chi connectivity index (χ4v) is 2.20. The average molecular weight is 270 g/mol. The predicted octanol–water partition coefficient (Wildman–Crippen LogP) is 2.08. The van der Waals surface area contributed by atoms with E-state index >= 15 is 0 Å². The van der Waals surface area contributed by atoms with Gasteiger partial charge in [0.25, 0.3) is 0 Å². The van der Waals surface area contributed by atoms with E-state index in [4.69, 9.17) is 5.11 Å². The third-order valence-corrected chi connectivity index (χ3v) is 3.63. The van der Waals surface area contributed by atoms with Gasteiger partial charge in [-0.15, -0.1) is 0 Å². The highest BCUT2D eigenvalue weighted by atomic mass is 16.4. The van der Waals surface area contributed by atoms with Crippen molar-refractivity contribution in [3.63, 3.8) is 0 Å². The summed E-state index contributed by atoms with van der Waals surface area (Å²) in [6.07, 6.45) is 3.11. The first kappa shape index (κ1) is 15.8. The van der Waals surface area contributed by atoms with Crippen LogP contribution in [0.25, 0.3) is 0 Å². The van der Waals surface area contributed by atoms with Crippen LogP contribution >= 0.6 is 0 Å². The smallest absolute Gasteiger partial charge is 0.314 e. The number of carbonyl (C=O) groups is 2. The van der Waals surface area contributed by atoms with E-state index in [1.54, 1.807) is 0 Å². The van der Waals surface area contributed by atoms with Gasteiger partial charge in [0.2, 0.25) is 0 Å². The lowest BCUT2D eigenvalue weighted by Gasteiger charge is -2.16. The van der Waals surface area contributed by atoms with Crippen LogP contribution in [0.2, 0.25) is 0 Å². The molecule has 0 bridgehead atoms. The molecule has 1 aliphatic rings. The van der Waals surface area contributed by atoms with Crippen molar-refractivity contribution in [3.8, 4) is 0 Å².